The summed E-state index contributed by atoms with van der Waals surface area (Å²) in [5.41, 5.74) is 0.672. The number of benzene rings is 2. The molecule has 0 saturated carbocycles. The van der Waals surface area contributed by atoms with Gasteiger partial charge in [-0.1, -0.05) is 42.5 Å². The highest BCUT2D eigenvalue weighted by Crippen LogP contribution is 2.40. The third-order valence-corrected chi connectivity index (χ3v) is 4.57. The minimum Gasteiger partial charge on any atom is -0.487 e. The van der Waals surface area contributed by atoms with Crippen LogP contribution in [-0.4, -0.2) is 31.7 Å². The Bertz CT molecular complexity index is 930. The minimum atomic E-state index is -5.10. The van der Waals surface area contributed by atoms with E-state index in [1.165, 1.54) is 31.4 Å². The van der Waals surface area contributed by atoms with Gasteiger partial charge in [0.25, 0.3) is 0 Å². The van der Waals surface area contributed by atoms with Crippen molar-refractivity contribution in [2.24, 2.45) is 0 Å². The molecule has 0 fully saturated rings. The molecule has 0 spiro atoms. The summed E-state index contributed by atoms with van der Waals surface area (Å²) in [5, 5.41) is 0. The zero-order valence-corrected chi connectivity index (χ0v) is 17.8. The molecule has 5 nitrogen and oxygen atoms in total. The summed E-state index contributed by atoms with van der Waals surface area (Å²) in [6.45, 7) is 1.30. The van der Waals surface area contributed by atoms with E-state index < -0.39 is 18.1 Å². The Balaban J connectivity index is 2.58. The van der Waals surface area contributed by atoms with Gasteiger partial charge < -0.3 is 9.47 Å². The Hall–Kier alpha value is -2.81. The van der Waals surface area contributed by atoms with Crippen molar-refractivity contribution in [2.75, 3.05) is 18.6 Å². The maximum absolute atomic E-state index is 13.2. The second-order valence-electron chi connectivity index (χ2n) is 6.05. The molecule has 9 heteroatoms. The maximum atomic E-state index is 13.2. The van der Waals surface area contributed by atoms with E-state index in [1.807, 2.05) is 6.07 Å². The van der Waals surface area contributed by atoms with Crippen LogP contribution in [-0.2, 0) is 16.1 Å². The van der Waals surface area contributed by atoms with Crippen molar-refractivity contribution in [3.05, 3.63) is 70.2 Å². The number of rotatable bonds is 7. The van der Waals surface area contributed by atoms with Gasteiger partial charge in [-0.05, 0) is 40.5 Å². The summed E-state index contributed by atoms with van der Waals surface area (Å²) >= 11 is 3.18. The van der Waals surface area contributed by atoms with Crippen LogP contribution in [0.3, 0.4) is 0 Å². The quantitative estimate of drug-likeness (QED) is 0.395. The fourth-order valence-corrected chi connectivity index (χ4v) is 3.21. The molecule has 2 aromatic carbocycles. The van der Waals surface area contributed by atoms with Crippen molar-refractivity contribution in [2.45, 2.75) is 19.7 Å². The zero-order valence-electron chi connectivity index (χ0n) is 16.2. The molecule has 0 bridgehead atoms. The molecule has 2 aromatic rings. The molecule has 30 heavy (non-hydrogen) atoms. The van der Waals surface area contributed by atoms with Gasteiger partial charge in [0.2, 0.25) is 0 Å². The van der Waals surface area contributed by atoms with E-state index in [-0.39, 0.29) is 34.6 Å². The number of anilines is 1. The summed E-state index contributed by atoms with van der Waals surface area (Å²) < 4.78 is 50.2. The molecule has 0 radical (unpaired) electrons. The van der Waals surface area contributed by atoms with E-state index in [4.69, 9.17) is 4.74 Å². The first-order chi connectivity index (χ1) is 14.2. The average Bonchev–Trinajstić information content (AvgIpc) is 2.72. The monoisotopic (exact) mass is 485 g/mol. The molecule has 0 aliphatic carbocycles. The first kappa shape index (κ1) is 23.5. The highest BCUT2D eigenvalue weighted by Gasteiger charge is 2.44. The molecule has 0 aromatic heterocycles. The van der Waals surface area contributed by atoms with Crippen LogP contribution in [0.2, 0.25) is 0 Å². The number of alkyl halides is 3. The fourth-order valence-electron chi connectivity index (χ4n) is 2.56. The van der Waals surface area contributed by atoms with Gasteiger partial charge in [0, 0.05) is 11.0 Å². The van der Waals surface area contributed by atoms with Gasteiger partial charge in [-0.3, -0.25) is 9.69 Å². The van der Waals surface area contributed by atoms with Crippen LogP contribution in [0.5, 0.6) is 5.75 Å². The predicted octanol–water partition coefficient (Wildman–Crippen LogP) is 5.29. The second kappa shape index (κ2) is 10.3. The molecule has 0 saturated heterocycles. The smallest absolute Gasteiger partial charge is 0.471 e. The van der Waals surface area contributed by atoms with E-state index >= 15 is 0 Å². The Morgan fingerprint density at radius 3 is 2.40 bits per heavy atom. The van der Waals surface area contributed by atoms with Crippen molar-refractivity contribution in [1.29, 1.82) is 0 Å². The number of allylic oxidation sites excluding steroid dienone is 1. The van der Waals surface area contributed by atoms with Crippen LogP contribution in [0.4, 0.5) is 18.9 Å². The van der Waals surface area contributed by atoms with Gasteiger partial charge in [0.15, 0.2) is 0 Å². The average molecular weight is 486 g/mol. The number of nitrogens with zero attached hydrogens (tertiary/aromatic N) is 1. The Morgan fingerprint density at radius 1 is 1.17 bits per heavy atom. The van der Waals surface area contributed by atoms with Gasteiger partial charge >= 0.3 is 18.1 Å². The van der Waals surface area contributed by atoms with Gasteiger partial charge in [0.1, 0.15) is 18.0 Å². The van der Waals surface area contributed by atoms with Crippen LogP contribution >= 0.6 is 15.9 Å². The van der Waals surface area contributed by atoms with Crippen LogP contribution in [0, 0.1) is 0 Å². The highest BCUT2D eigenvalue weighted by molar-refractivity contribution is 9.10. The van der Waals surface area contributed by atoms with Crippen molar-refractivity contribution in [3.8, 4) is 5.75 Å². The number of ether oxygens (including phenoxy) is 2. The lowest BCUT2D eigenvalue weighted by Gasteiger charge is -2.26. The second-order valence-corrected chi connectivity index (χ2v) is 6.91. The Kier molecular flexibility index (Phi) is 8.05. The Morgan fingerprint density at radius 2 is 1.83 bits per heavy atom. The SMILES string of the molecule is CC=CCN(C(=O)C(F)(F)F)c1c(Br)cc(C(=O)OC)cc1OCc1ccccc1. The van der Waals surface area contributed by atoms with Gasteiger partial charge in [-0.25, -0.2) is 4.79 Å². The molecule has 160 valence electrons. The van der Waals surface area contributed by atoms with Crippen molar-refractivity contribution in [1.82, 2.24) is 0 Å². The first-order valence-corrected chi connectivity index (χ1v) is 9.56. The van der Waals surface area contributed by atoms with E-state index in [2.05, 4.69) is 20.7 Å². The van der Waals surface area contributed by atoms with Crippen molar-refractivity contribution < 1.29 is 32.2 Å². The predicted molar refractivity (Wildman–Crippen MR) is 109 cm³/mol. The summed E-state index contributed by atoms with van der Waals surface area (Å²) in [6.07, 6.45) is -2.16. The van der Waals surface area contributed by atoms with Crippen LogP contribution < -0.4 is 9.64 Å². The lowest BCUT2D eigenvalue weighted by molar-refractivity contribution is -0.170. The van der Waals surface area contributed by atoms with Crippen molar-refractivity contribution in [3.63, 3.8) is 0 Å². The number of carbonyl (C=O) groups excluding carboxylic acids is 2. The molecule has 2 rings (SSSR count). The van der Waals surface area contributed by atoms with Crippen LogP contribution in [0.15, 0.2) is 59.1 Å². The molecule has 0 heterocycles. The molecular weight excluding hydrogens is 467 g/mol. The molecule has 0 unspecified atom stereocenters. The molecule has 0 aliphatic rings. The molecular formula is C21H19BrF3NO4. The number of carbonyl (C=O) groups is 2. The number of halogens is 4. The number of hydrogen-bond donors (Lipinski definition) is 0. The number of hydrogen-bond acceptors (Lipinski definition) is 4. The third kappa shape index (κ3) is 5.85. The highest BCUT2D eigenvalue weighted by atomic mass is 79.9. The van der Waals surface area contributed by atoms with Crippen LogP contribution in [0.25, 0.3) is 0 Å². The summed E-state index contributed by atoms with van der Waals surface area (Å²) in [6, 6.07) is 11.5. The molecule has 0 N–H and O–H groups in total. The minimum absolute atomic E-state index is 0.0164. The van der Waals surface area contributed by atoms with E-state index in [0.29, 0.717) is 4.90 Å². The third-order valence-electron chi connectivity index (χ3n) is 3.97. The largest absolute Gasteiger partial charge is 0.487 e. The van der Waals surface area contributed by atoms with E-state index in [0.717, 1.165) is 5.56 Å². The van der Waals surface area contributed by atoms with E-state index in [9.17, 15) is 22.8 Å². The molecule has 0 atom stereocenters. The summed E-state index contributed by atoms with van der Waals surface area (Å²) in [7, 11) is 1.18. The fraction of sp³-hybridized carbons (Fsp3) is 0.238. The lowest BCUT2D eigenvalue weighted by Crippen LogP contribution is -2.41. The Labute approximate surface area is 180 Å². The van der Waals surface area contributed by atoms with Gasteiger partial charge in [-0.15, -0.1) is 0 Å². The standard InChI is InChI=1S/C21H19BrF3NO4/c1-3-4-10-26(20(28)21(23,24)25)18-16(22)11-15(19(27)29-2)12-17(18)30-13-14-8-6-5-7-9-14/h3-9,11-12H,10,13H2,1-2H3. The van der Waals surface area contributed by atoms with Crippen molar-refractivity contribution >= 4 is 33.5 Å². The number of methoxy groups -OCH3 is 1. The topological polar surface area (TPSA) is 55.8 Å². The normalized spacial score (nSPS) is 11.4. The van der Waals surface area contributed by atoms with Gasteiger partial charge in [0.05, 0.1) is 12.7 Å². The summed E-state index contributed by atoms with van der Waals surface area (Å²) in [5.74, 6) is -2.83. The summed E-state index contributed by atoms with van der Waals surface area (Å²) in [4.78, 5) is 24.6. The zero-order chi connectivity index (χ0) is 22.3. The molecule has 0 aliphatic heterocycles. The first-order valence-electron chi connectivity index (χ1n) is 8.77. The van der Waals surface area contributed by atoms with Crippen LogP contribution in [0.1, 0.15) is 22.8 Å². The van der Waals surface area contributed by atoms with Gasteiger partial charge in [-0.2, -0.15) is 13.2 Å². The number of esters is 1. The lowest BCUT2D eigenvalue weighted by atomic mass is 10.1. The number of amides is 1. The molecule has 1 amide bonds. The maximum Gasteiger partial charge on any atom is 0.471 e. The van der Waals surface area contributed by atoms with E-state index in [1.54, 1.807) is 31.2 Å².